The summed E-state index contributed by atoms with van der Waals surface area (Å²) in [6.45, 7) is 5.44. The number of nitrogens with zero attached hydrogens (tertiary/aromatic N) is 5. The molecule has 8 heteroatoms. The molecule has 3 aromatic heterocycles. The van der Waals surface area contributed by atoms with Crippen molar-refractivity contribution in [1.82, 2.24) is 29.9 Å². The van der Waals surface area contributed by atoms with Gasteiger partial charge in [0.25, 0.3) is 5.91 Å². The van der Waals surface area contributed by atoms with Gasteiger partial charge in [0.2, 0.25) is 5.88 Å². The molecule has 0 bridgehead atoms. The Hall–Kier alpha value is -3.16. The Kier molecular flexibility index (Phi) is 5.08. The lowest BCUT2D eigenvalue weighted by Crippen LogP contribution is -2.28. The number of hydrogen-bond acceptors (Lipinski definition) is 5. The number of hydrogen-bond donors (Lipinski definition) is 1. The van der Waals surface area contributed by atoms with Crippen molar-refractivity contribution in [1.29, 1.82) is 0 Å². The minimum atomic E-state index is -0.0118. The second-order valence-electron chi connectivity index (χ2n) is 7.82. The van der Waals surface area contributed by atoms with E-state index in [2.05, 4.69) is 40.2 Å². The first-order chi connectivity index (χ1) is 13.9. The SMILES string of the molecule is COc1cc(-c2cnn(C)c2)cc(C2CCN(C(=O)c3cc(C(C)C)n[nH]3)C2)n1. The molecule has 1 N–H and O–H groups in total. The molecule has 0 aliphatic carbocycles. The van der Waals surface area contributed by atoms with E-state index >= 15 is 0 Å². The molecule has 4 rings (SSSR count). The maximum absolute atomic E-state index is 12.9. The fraction of sp³-hybridized carbons (Fsp3) is 0.429. The number of aromatic nitrogens is 5. The van der Waals surface area contributed by atoms with Gasteiger partial charge in [0.05, 0.1) is 19.0 Å². The molecule has 4 heterocycles. The summed E-state index contributed by atoms with van der Waals surface area (Å²) in [5.74, 6) is 1.01. The van der Waals surface area contributed by atoms with Gasteiger partial charge in [0, 0.05) is 49.6 Å². The van der Waals surface area contributed by atoms with Crippen molar-refractivity contribution in [2.45, 2.75) is 32.1 Å². The number of aromatic amines is 1. The van der Waals surface area contributed by atoms with Gasteiger partial charge in [-0.1, -0.05) is 13.8 Å². The van der Waals surface area contributed by atoms with Crippen LogP contribution in [0.25, 0.3) is 11.1 Å². The molecule has 1 amide bonds. The van der Waals surface area contributed by atoms with E-state index in [4.69, 9.17) is 4.74 Å². The van der Waals surface area contributed by atoms with E-state index in [1.165, 1.54) is 0 Å². The van der Waals surface area contributed by atoms with Crippen molar-refractivity contribution in [2.75, 3.05) is 20.2 Å². The van der Waals surface area contributed by atoms with Crippen molar-refractivity contribution in [3.8, 4) is 17.0 Å². The fourth-order valence-corrected chi connectivity index (χ4v) is 3.68. The number of ether oxygens (including phenoxy) is 1. The third kappa shape index (κ3) is 3.87. The van der Waals surface area contributed by atoms with Gasteiger partial charge in [-0.2, -0.15) is 10.2 Å². The molecule has 1 aliphatic rings. The van der Waals surface area contributed by atoms with Crippen LogP contribution in [0.5, 0.6) is 5.88 Å². The number of aryl methyl sites for hydroxylation is 1. The molecule has 29 heavy (non-hydrogen) atoms. The molecule has 1 saturated heterocycles. The van der Waals surface area contributed by atoms with E-state index in [0.29, 0.717) is 24.7 Å². The monoisotopic (exact) mass is 394 g/mol. The maximum atomic E-state index is 12.9. The molecule has 0 spiro atoms. The van der Waals surface area contributed by atoms with Crippen molar-refractivity contribution in [2.24, 2.45) is 7.05 Å². The summed E-state index contributed by atoms with van der Waals surface area (Å²) >= 11 is 0. The zero-order valence-electron chi connectivity index (χ0n) is 17.2. The lowest BCUT2D eigenvalue weighted by atomic mass is 10.0. The number of likely N-dealkylation sites (tertiary alicyclic amines) is 1. The quantitative estimate of drug-likeness (QED) is 0.719. The van der Waals surface area contributed by atoms with E-state index in [9.17, 15) is 4.79 Å². The molecule has 1 atom stereocenters. The fourth-order valence-electron chi connectivity index (χ4n) is 3.68. The van der Waals surface area contributed by atoms with Crippen LogP contribution >= 0.6 is 0 Å². The summed E-state index contributed by atoms with van der Waals surface area (Å²) in [6, 6.07) is 5.84. The number of carbonyl (C=O) groups excluding carboxylic acids is 1. The van der Waals surface area contributed by atoms with Crippen molar-refractivity contribution >= 4 is 5.91 Å². The molecule has 8 nitrogen and oxygen atoms in total. The van der Waals surface area contributed by atoms with Gasteiger partial charge >= 0.3 is 0 Å². The molecule has 0 saturated carbocycles. The lowest BCUT2D eigenvalue weighted by Gasteiger charge is -2.16. The predicted molar refractivity (Wildman–Crippen MR) is 109 cm³/mol. The summed E-state index contributed by atoms with van der Waals surface area (Å²) in [6.07, 6.45) is 4.66. The number of pyridine rings is 1. The van der Waals surface area contributed by atoms with Crippen LogP contribution in [0.15, 0.2) is 30.6 Å². The van der Waals surface area contributed by atoms with Gasteiger partial charge in [-0.15, -0.1) is 0 Å². The van der Waals surface area contributed by atoms with Gasteiger partial charge < -0.3 is 9.64 Å². The molecule has 0 aromatic carbocycles. The molecular weight excluding hydrogens is 368 g/mol. The van der Waals surface area contributed by atoms with Gasteiger partial charge in [-0.25, -0.2) is 4.98 Å². The number of nitrogens with one attached hydrogen (secondary N) is 1. The molecule has 0 radical (unpaired) electrons. The highest BCUT2D eigenvalue weighted by atomic mass is 16.5. The van der Waals surface area contributed by atoms with Crippen LogP contribution in [0.3, 0.4) is 0 Å². The molecule has 3 aromatic rings. The molecule has 152 valence electrons. The molecule has 1 fully saturated rings. The van der Waals surface area contributed by atoms with Crippen LogP contribution < -0.4 is 4.74 Å². The average molecular weight is 394 g/mol. The topological polar surface area (TPSA) is 88.9 Å². The van der Waals surface area contributed by atoms with Crippen LogP contribution in [0, 0.1) is 0 Å². The van der Waals surface area contributed by atoms with Crippen molar-refractivity contribution < 1.29 is 9.53 Å². The molecular formula is C21H26N6O2. The average Bonchev–Trinajstić information content (AvgIpc) is 3.47. The third-order valence-corrected chi connectivity index (χ3v) is 5.38. The van der Waals surface area contributed by atoms with Gasteiger partial charge in [-0.3, -0.25) is 14.6 Å². The summed E-state index contributed by atoms with van der Waals surface area (Å²) in [5, 5.41) is 11.4. The van der Waals surface area contributed by atoms with Crippen LogP contribution in [0.1, 0.15) is 54.0 Å². The van der Waals surface area contributed by atoms with Gasteiger partial charge in [-0.05, 0) is 30.0 Å². The Morgan fingerprint density at radius 3 is 2.76 bits per heavy atom. The Bertz CT molecular complexity index is 1020. The lowest BCUT2D eigenvalue weighted by molar-refractivity contribution is 0.0785. The maximum Gasteiger partial charge on any atom is 0.271 e. The Morgan fingerprint density at radius 1 is 1.28 bits per heavy atom. The van der Waals surface area contributed by atoms with E-state index in [-0.39, 0.29) is 17.7 Å². The summed E-state index contributed by atoms with van der Waals surface area (Å²) in [5.41, 5.74) is 4.41. The first-order valence-electron chi connectivity index (χ1n) is 9.84. The normalized spacial score (nSPS) is 16.6. The van der Waals surface area contributed by atoms with Crippen LogP contribution in [-0.2, 0) is 7.05 Å². The Morgan fingerprint density at radius 2 is 2.10 bits per heavy atom. The summed E-state index contributed by atoms with van der Waals surface area (Å²) in [7, 11) is 3.51. The standard InChI is InChI=1S/C21H26N6O2/c1-13(2)17-9-19(25-24-17)21(28)27-6-5-14(12-27)18-7-15(8-20(23-18)29-4)16-10-22-26(3)11-16/h7-11,13-14H,5-6,12H2,1-4H3,(H,24,25). The molecule has 1 unspecified atom stereocenters. The number of rotatable bonds is 5. The van der Waals surface area contributed by atoms with Gasteiger partial charge in [0.15, 0.2) is 0 Å². The number of carbonyl (C=O) groups is 1. The van der Waals surface area contributed by atoms with E-state index in [1.807, 2.05) is 36.5 Å². The Labute approximate surface area is 169 Å². The zero-order chi connectivity index (χ0) is 20.5. The van der Waals surface area contributed by atoms with E-state index < -0.39 is 0 Å². The minimum absolute atomic E-state index is 0.0118. The first kappa shape index (κ1) is 19.2. The van der Waals surface area contributed by atoms with Crippen LogP contribution in [0.2, 0.25) is 0 Å². The first-order valence-corrected chi connectivity index (χ1v) is 9.84. The number of methoxy groups -OCH3 is 1. The second-order valence-corrected chi connectivity index (χ2v) is 7.82. The van der Waals surface area contributed by atoms with E-state index in [0.717, 1.165) is 28.9 Å². The van der Waals surface area contributed by atoms with Crippen molar-refractivity contribution in [3.05, 3.63) is 47.7 Å². The minimum Gasteiger partial charge on any atom is -0.481 e. The highest BCUT2D eigenvalue weighted by Gasteiger charge is 2.30. The smallest absolute Gasteiger partial charge is 0.271 e. The predicted octanol–water partition coefficient (Wildman–Crippen LogP) is 2.97. The number of H-pyrrole nitrogens is 1. The molecule has 1 aliphatic heterocycles. The third-order valence-electron chi connectivity index (χ3n) is 5.38. The number of amides is 1. The summed E-state index contributed by atoms with van der Waals surface area (Å²) in [4.78, 5) is 19.4. The van der Waals surface area contributed by atoms with E-state index in [1.54, 1.807) is 11.8 Å². The summed E-state index contributed by atoms with van der Waals surface area (Å²) < 4.78 is 7.19. The highest BCUT2D eigenvalue weighted by Crippen LogP contribution is 2.32. The zero-order valence-corrected chi connectivity index (χ0v) is 17.2. The largest absolute Gasteiger partial charge is 0.481 e. The second kappa shape index (κ2) is 7.69. The van der Waals surface area contributed by atoms with Crippen LogP contribution in [0.4, 0.5) is 0 Å². The van der Waals surface area contributed by atoms with Crippen molar-refractivity contribution in [3.63, 3.8) is 0 Å². The van der Waals surface area contributed by atoms with Crippen LogP contribution in [-0.4, -0.2) is 56.0 Å². The Balaban J connectivity index is 1.54. The van der Waals surface area contributed by atoms with Gasteiger partial charge in [0.1, 0.15) is 5.69 Å². The highest BCUT2D eigenvalue weighted by molar-refractivity contribution is 5.92.